The number of nitrogens with zero attached hydrogens (tertiary/aromatic N) is 1. The number of hydrogen-bond acceptors (Lipinski definition) is 6. The highest BCUT2D eigenvalue weighted by Gasteiger charge is 2.25. The Balaban J connectivity index is 2.87. The number of anilines is 1. The van der Waals surface area contributed by atoms with Gasteiger partial charge in [0.1, 0.15) is 11.0 Å². The van der Waals surface area contributed by atoms with Crippen LogP contribution in [0.5, 0.6) is 0 Å². The van der Waals surface area contributed by atoms with Crippen molar-refractivity contribution >= 4 is 28.3 Å². The van der Waals surface area contributed by atoms with Gasteiger partial charge in [0.15, 0.2) is 5.69 Å². The fourth-order valence-electron chi connectivity index (χ4n) is 1.35. The summed E-state index contributed by atoms with van der Waals surface area (Å²) in [5.74, 6) is -1.62. The summed E-state index contributed by atoms with van der Waals surface area (Å²) in [5.41, 5.74) is 1.61. The molecule has 1 aromatic rings. The summed E-state index contributed by atoms with van der Waals surface area (Å²) in [6.07, 6.45) is 0. The first-order valence-electron chi connectivity index (χ1n) is 5.57. The molecule has 1 atom stereocenters. The molecular formula is C11H16N2O4S. The van der Waals surface area contributed by atoms with E-state index in [0.29, 0.717) is 5.00 Å². The molecule has 1 aromatic heterocycles. The Labute approximate surface area is 109 Å². The van der Waals surface area contributed by atoms with Gasteiger partial charge in [0, 0.05) is 0 Å². The monoisotopic (exact) mass is 272 g/mol. The first-order valence-corrected chi connectivity index (χ1v) is 6.45. The Morgan fingerprint density at radius 2 is 2.22 bits per heavy atom. The molecule has 0 aliphatic heterocycles. The molecule has 0 radical (unpaired) electrons. The van der Waals surface area contributed by atoms with Gasteiger partial charge in [-0.2, -0.15) is 0 Å². The maximum Gasteiger partial charge on any atom is 0.360 e. The van der Waals surface area contributed by atoms with Crippen LogP contribution in [0.25, 0.3) is 0 Å². The zero-order valence-corrected chi connectivity index (χ0v) is 11.3. The predicted molar refractivity (Wildman–Crippen MR) is 68.0 cm³/mol. The molecule has 1 unspecified atom stereocenters. The zero-order valence-electron chi connectivity index (χ0n) is 10.5. The van der Waals surface area contributed by atoms with Crippen molar-refractivity contribution in [2.24, 2.45) is 5.92 Å². The normalized spacial score (nSPS) is 12.2. The highest BCUT2D eigenvalue weighted by molar-refractivity contribution is 7.14. The lowest BCUT2D eigenvalue weighted by Gasteiger charge is -2.18. The van der Waals surface area contributed by atoms with E-state index in [1.54, 1.807) is 20.8 Å². The van der Waals surface area contributed by atoms with E-state index >= 15 is 0 Å². The molecule has 0 aromatic carbocycles. The number of carbonyl (C=O) groups excluding carboxylic acids is 1. The zero-order chi connectivity index (χ0) is 13.7. The number of rotatable bonds is 6. The predicted octanol–water partition coefficient (Wildman–Crippen LogP) is 1.84. The molecule has 100 valence electrons. The van der Waals surface area contributed by atoms with Crippen molar-refractivity contribution in [1.29, 1.82) is 0 Å². The van der Waals surface area contributed by atoms with Gasteiger partial charge in [-0.25, -0.2) is 14.6 Å². The Hall–Kier alpha value is -1.63. The fourth-order valence-corrected chi connectivity index (χ4v) is 2.05. The second-order valence-corrected chi connectivity index (χ2v) is 4.81. The van der Waals surface area contributed by atoms with Crippen molar-refractivity contribution in [3.63, 3.8) is 0 Å². The van der Waals surface area contributed by atoms with Gasteiger partial charge in [0.2, 0.25) is 0 Å². The van der Waals surface area contributed by atoms with E-state index in [-0.39, 0.29) is 18.2 Å². The SMILES string of the molecule is CCOC(=O)c1ncsc1NC(C(=O)O)C(C)C. The van der Waals surface area contributed by atoms with Crippen LogP contribution < -0.4 is 5.32 Å². The number of esters is 1. The van der Waals surface area contributed by atoms with E-state index in [9.17, 15) is 9.59 Å². The van der Waals surface area contributed by atoms with Crippen molar-refractivity contribution in [2.45, 2.75) is 26.8 Å². The molecule has 0 saturated carbocycles. The first-order chi connectivity index (χ1) is 8.47. The second-order valence-electron chi connectivity index (χ2n) is 3.95. The molecule has 0 amide bonds. The van der Waals surface area contributed by atoms with Crippen LogP contribution in [0, 0.1) is 5.92 Å². The van der Waals surface area contributed by atoms with Crippen LogP contribution >= 0.6 is 11.3 Å². The fraction of sp³-hybridized carbons (Fsp3) is 0.545. The Morgan fingerprint density at radius 1 is 1.56 bits per heavy atom. The number of carboxylic acid groups (broad SMARTS) is 1. The lowest BCUT2D eigenvalue weighted by Crippen LogP contribution is -2.34. The van der Waals surface area contributed by atoms with Crippen LogP contribution in [0.15, 0.2) is 5.51 Å². The van der Waals surface area contributed by atoms with Crippen LogP contribution in [-0.2, 0) is 9.53 Å². The number of hydrogen-bond donors (Lipinski definition) is 2. The lowest BCUT2D eigenvalue weighted by molar-refractivity contribution is -0.138. The minimum Gasteiger partial charge on any atom is -0.480 e. The number of carboxylic acids is 1. The number of thiazole rings is 1. The van der Waals surface area contributed by atoms with Crippen molar-refractivity contribution in [2.75, 3.05) is 11.9 Å². The average molecular weight is 272 g/mol. The molecule has 2 N–H and O–H groups in total. The summed E-state index contributed by atoms with van der Waals surface area (Å²) in [7, 11) is 0. The summed E-state index contributed by atoms with van der Waals surface area (Å²) in [5, 5.41) is 12.3. The molecule has 6 nitrogen and oxygen atoms in total. The molecule has 0 bridgehead atoms. The average Bonchev–Trinajstić information content (AvgIpc) is 2.73. The van der Waals surface area contributed by atoms with Crippen LogP contribution in [0.1, 0.15) is 31.3 Å². The molecule has 7 heteroatoms. The van der Waals surface area contributed by atoms with Gasteiger partial charge in [0.05, 0.1) is 12.1 Å². The third kappa shape index (κ3) is 3.43. The van der Waals surface area contributed by atoms with Crippen LogP contribution in [0.2, 0.25) is 0 Å². The standard InChI is InChI=1S/C11H16N2O4S/c1-4-17-11(16)8-9(18-5-12-8)13-7(6(2)3)10(14)15/h5-7,13H,4H2,1-3H3,(H,14,15). The number of aromatic nitrogens is 1. The summed E-state index contributed by atoms with van der Waals surface area (Å²) in [6, 6.07) is -0.765. The number of aliphatic carboxylic acids is 1. The third-order valence-electron chi connectivity index (χ3n) is 2.26. The van der Waals surface area contributed by atoms with Gasteiger partial charge >= 0.3 is 11.9 Å². The lowest BCUT2D eigenvalue weighted by atomic mass is 10.1. The topological polar surface area (TPSA) is 88.5 Å². The number of carbonyl (C=O) groups is 2. The van der Waals surface area contributed by atoms with Crippen LogP contribution in [-0.4, -0.2) is 34.7 Å². The van der Waals surface area contributed by atoms with Crippen molar-refractivity contribution in [3.8, 4) is 0 Å². The first kappa shape index (κ1) is 14.4. The van der Waals surface area contributed by atoms with E-state index in [0.717, 1.165) is 0 Å². The van der Waals surface area contributed by atoms with E-state index in [1.807, 2.05) is 0 Å². The second kappa shape index (κ2) is 6.34. The molecule has 0 aliphatic carbocycles. The quantitative estimate of drug-likeness (QED) is 0.768. The molecule has 1 rings (SSSR count). The molecule has 0 fully saturated rings. The summed E-state index contributed by atoms with van der Waals surface area (Å²) in [6.45, 7) is 5.53. The highest BCUT2D eigenvalue weighted by Crippen LogP contribution is 2.23. The molecule has 18 heavy (non-hydrogen) atoms. The summed E-state index contributed by atoms with van der Waals surface area (Å²) >= 11 is 1.18. The molecule has 0 spiro atoms. The van der Waals surface area contributed by atoms with Gasteiger partial charge in [-0.05, 0) is 12.8 Å². The number of nitrogens with one attached hydrogen (secondary N) is 1. The largest absolute Gasteiger partial charge is 0.480 e. The number of ether oxygens (including phenoxy) is 1. The van der Waals surface area contributed by atoms with Crippen LogP contribution in [0.4, 0.5) is 5.00 Å². The summed E-state index contributed by atoms with van der Waals surface area (Å²) < 4.78 is 4.85. The van der Waals surface area contributed by atoms with Crippen molar-refractivity contribution < 1.29 is 19.4 Å². The maximum atomic E-state index is 11.6. The van der Waals surface area contributed by atoms with Gasteiger partial charge < -0.3 is 15.2 Å². The third-order valence-corrected chi connectivity index (χ3v) is 3.01. The van der Waals surface area contributed by atoms with E-state index in [1.165, 1.54) is 16.8 Å². The Bertz CT molecular complexity index is 430. The van der Waals surface area contributed by atoms with Crippen molar-refractivity contribution in [3.05, 3.63) is 11.2 Å². The molecule has 0 saturated heterocycles. The van der Waals surface area contributed by atoms with Crippen LogP contribution in [0.3, 0.4) is 0 Å². The minimum absolute atomic E-state index is 0.111. The van der Waals surface area contributed by atoms with Gasteiger partial charge in [0.25, 0.3) is 0 Å². The van der Waals surface area contributed by atoms with Gasteiger partial charge in [-0.15, -0.1) is 11.3 Å². The van der Waals surface area contributed by atoms with Gasteiger partial charge in [-0.1, -0.05) is 13.8 Å². The van der Waals surface area contributed by atoms with E-state index in [2.05, 4.69) is 10.3 Å². The molecule has 1 heterocycles. The molecular weight excluding hydrogens is 256 g/mol. The Morgan fingerprint density at radius 3 is 2.72 bits per heavy atom. The van der Waals surface area contributed by atoms with E-state index < -0.39 is 18.0 Å². The Kier molecular flexibility index (Phi) is 5.08. The smallest absolute Gasteiger partial charge is 0.360 e. The summed E-state index contributed by atoms with van der Waals surface area (Å²) in [4.78, 5) is 26.6. The highest BCUT2D eigenvalue weighted by atomic mass is 32.1. The minimum atomic E-state index is -0.965. The van der Waals surface area contributed by atoms with E-state index in [4.69, 9.17) is 9.84 Å². The van der Waals surface area contributed by atoms with Crippen molar-refractivity contribution in [1.82, 2.24) is 4.98 Å². The molecule has 0 aliphatic rings. The van der Waals surface area contributed by atoms with Gasteiger partial charge in [-0.3, -0.25) is 0 Å². The maximum absolute atomic E-state index is 11.6.